The summed E-state index contributed by atoms with van der Waals surface area (Å²) in [4.78, 5) is 0. The van der Waals surface area contributed by atoms with Gasteiger partial charge in [-0.15, -0.1) is 11.6 Å². The smallest absolute Gasteiger partial charge is 0.390 e. The van der Waals surface area contributed by atoms with Gasteiger partial charge in [0.15, 0.2) is 11.5 Å². The molecule has 7 heteroatoms. The number of benzene rings is 1. The van der Waals surface area contributed by atoms with E-state index in [9.17, 15) is 13.2 Å². The lowest BCUT2D eigenvalue weighted by Gasteiger charge is -2.18. The molecule has 0 aliphatic rings. The first-order valence-electron chi connectivity index (χ1n) is 6.08. The van der Waals surface area contributed by atoms with Crippen LogP contribution < -0.4 is 9.47 Å². The Morgan fingerprint density at radius 3 is 2.10 bits per heavy atom. The minimum atomic E-state index is -4.32. The Morgan fingerprint density at radius 2 is 1.65 bits per heavy atom. The molecule has 114 valence electrons. The van der Waals surface area contributed by atoms with Gasteiger partial charge in [-0.25, -0.2) is 0 Å². The van der Waals surface area contributed by atoms with Crippen molar-refractivity contribution in [1.29, 1.82) is 0 Å². The van der Waals surface area contributed by atoms with Gasteiger partial charge in [0.25, 0.3) is 0 Å². The Labute approximate surface area is 129 Å². The predicted molar refractivity (Wildman–Crippen MR) is 75.7 cm³/mol. The van der Waals surface area contributed by atoms with Crippen molar-refractivity contribution < 1.29 is 22.6 Å². The Balaban J connectivity index is 3.10. The highest BCUT2D eigenvalue weighted by atomic mass is 79.9. The molecule has 0 saturated heterocycles. The molecule has 0 aliphatic heterocycles. The van der Waals surface area contributed by atoms with Crippen molar-refractivity contribution >= 4 is 27.5 Å². The van der Waals surface area contributed by atoms with Gasteiger partial charge in [0.05, 0.1) is 25.0 Å². The second kappa shape index (κ2) is 7.41. The highest BCUT2D eigenvalue weighted by Crippen LogP contribution is 2.42. The number of hydrogen-bond donors (Lipinski definition) is 0. The van der Waals surface area contributed by atoms with Crippen LogP contribution in [0.25, 0.3) is 0 Å². The summed E-state index contributed by atoms with van der Waals surface area (Å²) in [6.45, 7) is 4.41. The molecule has 0 amide bonds. The first-order chi connectivity index (χ1) is 9.28. The largest absolute Gasteiger partial charge is 0.490 e. The molecule has 0 spiro atoms. The van der Waals surface area contributed by atoms with Crippen molar-refractivity contribution in [2.45, 2.75) is 31.8 Å². The lowest BCUT2D eigenvalue weighted by Crippen LogP contribution is -2.11. The number of hydrogen-bond acceptors (Lipinski definition) is 2. The van der Waals surface area contributed by atoms with Gasteiger partial charge in [-0.2, -0.15) is 13.2 Å². The zero-order valence-corrected chi connectivity index (χ0v) is 13.4. The Bertz CT molecular complexity index is 452. The molecule has 0 aliphatic carbocycles. The number of halogens is 5. The van der Waals surface area contributed by atoms with Gasteiger partial charge in [-0.05, 0) is 31.5 Å². The summed E-state index contributed by atoms with van der Waals surface area (Å²) in [5.41, 5.74) is 0.330. The van der Waals surface area contributed by atoms with Crippen LogP contribution >= 0.6 is 27.5 Å². The van der Waals surface area contributed by atoms with Crippen LogP contribution in [-0.4, -0.2) is 19.4 Å². The molecule has 1 aromatic carbocycles. The summed E-state index contributed by atoms with van der Waals surface area (Å²) >= 11 is 9.07. The Hall–Kier alpha value is -0.620. The van der Waals surface area contributed by atoms with E-state index in [0.717, 1.165) is 0 Å². The van der Waals surface area contributed by atoms with Crippen LogP contribution in [0, 0.1) is 0 Å². The number of rotatable bonds is 6. The summed E-state index contributed by atoms with van der Waals surface area (Å²) in [5, 5.41) is -1.18. The van der Waals surface area contributed by atoms with Crippen LogP contribution in [0.1, 0.15) is 31.2 Å². The van der Waals surface area contributed by atoms with E-state index in [4.69, 9.17) is 21.1 Å². The number of ether oxygens (including phenoxy) is 2. The molecule has 1 atom stereocenters. The van der Waals surface area contributed by atoms with Crippen LogP contribution in [-0.2, 0) is 0 Å². The summed E-state index contributed by atoms with van der Waals surface area (Å²) in [5.74, 6) is 0.862. The van der Waals surface area contributed by atoms with Gasteiger partial charge in [0.1, 0.15) is 0 Å². The van der Waals surface area contributed by atoms with Gasteiger partial charge in [-0.1, -0.05) is 15.9 Å². The molecule has 1 aromatic rings. The van der Waals surface area contributed by atoms with E-state index >= 15 is 0 Å². The first-order valence-corrected chi connectivity index (χ1v) is 7.31. The van der Waals surface area contributed by atoms with Crippen molar-refractivity contribution in [2.75, 3.05) is 13.2 Å². The van der Waals surface area contributed by atoms with E-state index < -0.39 is 18.0 Å². The van der Waals surface area contributed by atoms with Gasteiger partial charge >= 0.3 is 6.18 Å². The topological polar surface area (TPSA) is 18.5 Å². The molecule has 0 aromatic heterocycles. The van der Waals surface area contributed by atoms with E-state index in [1.807, 2.05) is 6.92 Å². The minimum absolute atomic E-state index is 0.330. The fourth-order valence-electron chi connectivity index (χ4n) is 1.64. The molecule has 0 heterocycles. The average Bonchev–Trinajstić information content (AvgIpc) is 2.30. The third-order valence-corrected chi connectivity index (χ3v) is 3.49. The van der Waals surface area contributed by atoms with E-state index in [0.29, 0.717) is 34.7 Å². The highest BCUT2D eigenvalue weighted by Gasteiger charge is 2.33. The number of alkyl halides is 4. The van der Waals surface area contributed by atoms with E-state index in [1.165, 1.54) is 6.07 Å². The third-order valence-electron chi connectivity index (χ3n) is 2.41. The molecule has 0 radical (unpaired) electrons. The van der Waals surface area contributed by atoms with Gasteiger partial charge < -0.3 is 9.47 Å². The summed E-state index contributed by atoms with van der Waals surface area (Å²) < 4.78 is 48.5. The monoisotopic (exact) mass is 374 g/mol. The second-order valence-corrected chi connectivity index (χ2v) is 5.35. The normalized spacial score (nSPS) is 13.2. The molecule has 0 fully saturated rings. The minimum Gasteiger partial charge on any atom is -0.490 e. The van der Waals surface area contributed by atoms with Gasteiger partial charge in [0.2, 0.25) is 0 Å². The summed E-state index contributed by atoms with van der Waals surface area (Å²) in [6.07, 6.45) is -5.43. The fraction of sp³-hybridized carbons (Fsp3) is 0.538. The van der Waals surface area contributed by atoms with Crippen LogP contribution in [0.3, 0.4) is 0 Å². The first kappa shape index (κ1) is 17.4. The maximum Gasteiger partial charge on any atom is 0.390 e. The summed E-state index contributed by atoms with van der Waals surface area (Å²) in [7, 11) is 0. The molecule has 20 heavy (non-hydrogen) atoms. The summed E-state index contributed by atoms with van der Waals surface area (Å²) in [6, 6.07) is 3.07. The standard InChI is InChI=1S/C13H15BrClF3O2/c1-3-19-11-5-8(10(15)7-13(16,17)18)9(14)6-12(11)20-4-2/h5-6,10H,3-4,7H2,1-2H3. The Morgan fingerprint density at radius 1 is 1.15 bits per heavy atom. The molecular formula is C13H15BrClF3O2. The third kappa shape index (κ3) is 5.05. The zero-order valence-electron chi connectivity index (χ0n) is 11.1. The molecule has 0 N–H and O–H groups in total. The van der Waals surface area contributed by atoms with Crippen molar-refractivity contribution in [3.8, 4) is 11.5 Å². The van der Waals surface area contributed by atoms with Crippen molar-refractivity contribution in [1.82, 2.24) is 0 Å². The quantitative estimate of drug-likeness (QED) is 0.613. The van der Waals surface area contributed by atoms with E-state index in [2.05, 4.69) is 15.9 Å². The molecule has 2 nitrogen and oxygen atoms in total. The van der Waals surface area contributed by atoms with Gasteiger partial charge in [0, 0.05) is 4.47 Å². The van der Waals surface area contributed by atoms with E-state index in [-0.39, 0.29) is 0 Å². The Kier molecular flexibility index (Phi) is 6.45. The molecule has 0 bridgehead atoms. The zero-order chi connectivity index (χ0) is 15.3. The predicted octanol–water partition coefficient (Wildman–Crippen LogP) is 5.48. The molecular weight excluding hydrogens is 360 g/mol. The highest BCUT2D eigenvalue weighted by molar-refractivity contribution is 9.10. The van der Waals surface area contributed by atoms with Crippen molar-refractivity contribution in [3.63, 3.8) is 0 Å². The van der Waals surface area contributed by atoms with Crippen LogP contribution in [0.5, 0.6) is 11.5 Å². The van der Waals surface area contributed by atoms with E-state index in [1.54, 1.807) is 13.0 Å². The molecule has 1 unspecified atom stereocenters. The van der Waals surface area contributed by atoms with Crippen molar-refractivity contribution in [3.05, 3.63) is 22.2 Å². The lowest BCUT2D eigenvalue weighted by atomic mass is 10.1. The maximum absolute atomic E-state index is 12.4. The van der Waals surface area contributed by atoms with Crippen molar-refractivity contribution in [2.24, 2.45) is 0 Å². The molecule has 0 saturated carbocycles. The van der Waals surface area contributed by atoms with Crippen LogP contribution in [0.15, 0.2) is 16.6 Å². The second-order valence-electron chi connectivity index (χ2n) is 3.97. The lowest BCUT2D eigenvalue weighted by molar-refractivity contribution is -0.134. The van der Waals surface area contributed by atoms with Crippen LogP contribution in [0.4, 0.5) is 13.2 Å². The van der Waals surface area contributed by atoms with Gasteiger partial charge in [-0.3, -0.25) is 0 Å². The average molecular weight is 376 g/mol. The fourth-order valence-corrected chi connectivity index (χ4v) is 2.73. The SMILES string of the molecule is CCOc1cc(Br)c(C(Cl)CC(F)(F)F)cc1OCC. The van der Waals surface area contributed by atoms with Crippen LogP contribution in [0.2, 0.25) is 0 Å². The molecule has 1 rings (SSSR count). The maximum atomic E-state index is 12.4.